The highest BCUT2D eigenvalue weighted by molar-refractivity contribution is 9.10. The van der Waals surface area contributed by atoms with E-state index in [0.717, 1.165) is 10.0 Å². The summed E-state index contributed by atoms with van der Waals surface area (Å²) in [5.74, 6) is -0.144. The number of halogens is 1. The van der Waals surface area contributed by atoms with Crippen molar-refractivity contribution in [1.29, 1.82) is 0 Å². The van der Waals surface area contributed by atoms with Crippen molar-refractivity contribution in [2.24, 2.45) is 0 Å². The molecule has 0 atom stereocenters. The highest BCUT2D eigenvalue weighted by atomic mass is 79.9. The molecule has 2 rings (SSSR count). The number of nitro benzene ring substituents is 1. The molecule has 2 aromatic rings. The van der Waals surface area contributed by atoms with Crippen LogP contribution >= 0.6 is 15.9 Å². The van der Waals surface area contributed by atoms with Gasteiger partial charge in [-0.05, 0) is 28.4 Å². The van der Waals surface area contributed by atoms with E-state index in [1.807, 2.05) is 13.0 Å². The highest BCUT2D eigenvalue weighted by Crippen LogP contribution is 2.25. The summed E-state index contributed by atoms with van der Waals surface area (Å²) in [7, 11) is 0. The van der Waals surface area contributed by atoms with Crippen molar-refractivity contribution in [2.45, 2.75) is 13.3 Å². The number of ketones is 1. The largest absolute Gasteiger partial charge is 0.294 e. The second-order valence-corrected chi connectivity index (χ2v) is 5.22. The quantitative estimate of drug-likeness (QED) is 0.481. The molecule has 0 aliphatic heterocycles. The molecule has 0 aromatic heterocycles. The number of hydrogen-bond acceptors (Lipinski definition) is 3. The molecule has 0 fully saturated rings. The lowest BCUT2D eigenvalue weighted by Gasteiger charge is -2.06. The van der Waals surface area contributed by atoms with Crippen molar-refractivity contribution in [1.82, 2.24) is 0 Å². The SMILES string of the molecule is Cc1cccc(C(=O)Cc2ccccc2[N+](=O)[O-])c1Br. The number of carbonyl (C=O) groups excluding carboxylic acids is 1. The lowest BCUT2D eigenvalue weighted by atomic mass is 10.0. The molecule has 2 aromatic carbocycles. The minimum Gasteiger partial charge on any atom is -0.294 e. The first-order valence-corrected chi connectivity index (χ1v) is 6.80. The Balaban J connectivity index is 2.33. The Labute approximate surface area is 124 Å². The van der Waals surface area contributed by atoms with Gasteiger partial charge in [-0.15, -0.1) is 0 Å². The minimum absolute atomic E-state index is 0.0131. The summed E-state index contributed by atoms with van der Waals surface area (Å²) in [5, 5.41) is 10.9. The van der Waals surface area contributed by atoms with Crippen LogP contribution in [0.4, 0.5) is 5.69 Å². The van der Waals surface area contributed by atoms with Gasteiger partial charge in [-0.1, -0.05) is 36.4 Å². The average Bonchev–Trinajstić information content (AvgIpc) is 2.42. The predicted octanol–water partition coefficient (Wildman–Crippen LogP) is 4.09. The lowest BCUT2D eigenvalue weighted by molar-refractivity contribution is -0.385. The number of hydrogen-bond donors (Lipinski definition) is 0. The van der Waals surface area contributed by atoms with E-state index in [1.165, 1.54) is 6.07 Å². The van der Waals surface area contributed by atoms with Crippen molar-refractivity contribution < 1.29 is 9.72 Å². The highest BCUT2D eigenvalue weighted by Gasteiger charge is 2.18. The smallest absolute Gasteiger partial charge is 0.273 e. The molecule has 0 bridgehead atoms. The summed E-state index contributed by atoms with van der Waals surface area (Å²) in [5.41, 5.74) is 1.90. The van der Waals surface area contributed by atoms with Crippen molar-refractivity contribution in [3.63, 3.8) is 0 Å². The second-order valence-electron chi connectivity index (χ2n) is 4.42. The number of Topliss-reactive ketones (excluding diaryl/α,β-unsaturated/α-hetero) is 1. The van der Waals surface area contributed by atoms with Crippen LogP contribution < -0.4 is 0 Å². The first kappa shape index (κ1) is 14.4. The zero-order chi connectivity index (χ0) is 14.7. The molecule has 0 aliphatic rings. The fraction of sp³-hybridized carbons (Fsp3) is 0.133. The van der Waals surface area contributed by atoms with Crippen molar-refractivity contribution in [3.05, 3.63) is 73.7 Å². The van der Waals surface area contributed by atoms with Crippen LogP contribution in [0.15, 0.2) is 46.9 Å². The Morgan fingerprint density at radius 3 is 2.60 bits per heavy atom. The molecule has 0 unspecified atom stereocenters. The van der Waals surface area contributed by atoms with Crippen LogP contribution in [0.1, 0.15) is 21.5 Å². The van der Waals surface area contributed by atoms with E-state index in [2.05, 4.69) is 15.9 Å². The maximum atomic E-state index is 12.3. The fourth-order valence-corrected chi connectivity index (χ4v) is 2.45. The lowest BCUT2D eigenvalue weighted by Crippen LogP contribution is -2.07. The molecule has 0 heterocycles. The molecule has 0 saturated heterocycles. The molecule has 0 aliphatic carbocycles. The van der Waals surface area contributed by atoms with Crippen LogP contribution in [-0.2, 0) is 6.42 Å². The molecule has 20 heavy (non-hydrogen) atoms. The van der Waals surface area contributed by atoms with Gasteiger partial charge in [0.2, 0.25) is 0 Å². The third-order valence-corrected chi connectivity index (χ3v) is 4.08. The normalized spacial score (nSPS) is 10.3. The van der Waals surface area contributed by atoms with Gasteiger partial charge in [0.25, 0.3) is 5.69 Å². The van der Waals surface area contributed by atoms with Crippen LogP contribution in [0.2, 0.25) is 0 Å². The summed E-state index contributed by atoms with van der Waals surface area (Å²) < 4.78 is 0.739. The summed E-state index contributed by atoms with van der Waals surface area (Å²) in [4.78, 5) is 22.8. The van der Waals surface area contributed by atoms with Gasteiger partial charge in [0.15, 0.2) is 5.78 Å². The van der Waals surface area contributed by atoms with Crippen LogP contribution in [0, 0.1) is 17.0 Å². The maximum Gasteiger partial charge on any atom is 0.273 e. The monoisotopic (exact) mass is 333 g/mol. The average molecular weight is 334 g/mol. The van der Waals surface area contributed by atoms with Crippen molar-refractivity contribution in [3.8, 4) is 0 Å². The van der Waals surface area contributed by atoms with Gasteiger partial charge in [-0.25, -0.2) is 0 Å². The zero-order valence-electron chi connectivity index (χ0n) is 10.8. The van der Waals surface area contributed by atoms with Crippen LogP contribution in [-0.4, -0.2) is 10.7 Å². The molecule has 0 spiro atoms. The van der Waals surface area contributed by atoms with Gasteiger partial charge in [0, 0.05) is 28.1 Å². The number of carbonyl (C=O) groups is 1. The third-order valence-electron chi connectivity index (χ3n) is 3.03. The number of para-hydroxylation sites is 1. The third kappa shape index (κ3) is 2.93. The Morgan fingerprint density at radius 2 is 1.90 bits per heavy atom. The number of aryl methyl sites for hydroxylation is 1. The van der Waals surface area contributed by atoms with E-state index in [1.54, 1.807) is 30.3 Å². The number of rotatable bonds is 4. The molecular weight excluding hydrogens is 322 g/mol. The Hall–Kier alpha value is -2.01. The van der Waals surface area contributed by atoms with Crippen LogP contribution in [0.25, 0.3) is 0 Å². The molecule has 0 N–H and O–H groups in total. The molecular formula is C15H12BrNO3. The molecule has 0 radical (unpaired) electrons. The summed E-state index contributed by atoms with van der Waals surface area (Å²) >= 11 is 3.39. The van der Waals surface area contributed by atoms with E-state index >= 15 is 0 Å². The van der Waals surface area contributed by atoms with E-state index in [0.29, 0.717) is 11.1 Å². The van der Waals surface area contributed by atoms with E-state index < -0.39 is 4.92 Å². The Kier molecular flexibility index (Phi) is 4.29. The topological polar surface area (TPSA) is 60.2 Å². The first-order chi connectivity index (χ1) is 9.50. The van der Waals surface area contributed by atoms with Gasteiger partial charge >= 0.3 is 0 Å². The fourth-order valence-electron chi connectivity index (χ4n) is 1.97. The van der Waals surface area contributed by atoms with Gasteiger partial charge in [0.05, 0.1) is 4.92 Å². The summed E-state index contributed by atoms with van der Waals surface area (Å²) in [6.07, 6.45) is 0.0131. The molecule has 0 saturated carbocycles. The molecule has 0 amide bonds. The van der Waals surface area contributed by atoms with E-state index in [-0.39, 0.29) is 17.9 Å². The van der Waals surface area contributed by atoms with E-state index in [4.69, 9.17) is 0 Å². The molecule has 4 nitrogen and oxygen atoms in total. The zero-order valence-corrected chi connectivity index (χ0v) is 12.4. The molecule has 5 heteroatoms. The van der Waals surface area contributed by atoms with Gasteiger partial charge < -0.3 is 0 Å². The first-order valence-electron chi connectivity index (χ1n) is 6.01. The number of nitrogens with zero attached hydrogens (tertiary/aromatic N) is 1. The van der Waals surface area contributed by atoms with E-state index in [9.17, 15) is 14.9 Å². The summed E-state index contributed by atoms with van der Waals surface area (Å²) in [6, 6.07) is 11.7. The predicted molar refractivity (Wildman–Crippen MR) is 80.0 cm³/mol. The second kappa shape index (κ2) is 5.96. The standard InChI is InChI=1S/C15H12BrNO3/c1-10-5-4-7-12(15(10)16)14(18)9-11-6-2-3-8-13(11)17(19)20/h2-8H,9H2,1H3. The maximum absolute atomic E-state index is 12.3. The number of nitro groups is 1. The van der Waals surface area contributed by atoms with Crippen molar-refractivity contribution >= 4 is 27.4 Å². The summed E-state index contributed by atoms with van der Waals surface area (Å²) in [6.45, 7) is 1.89. The Bertz CT molecular complexity index is 683. The minimum atomic E-state index is -0.464. The van der Waals surface area contributed by atoms with Gasteiger partial charge in [-0.2, -0.15) is 0 Å². The molecule has 102 valence electrons. The van der Waals surface area contributed by atoms with Gasteiger partial charge in [0.1, 0.15) is 0 Å². The number of benzene rings is 2. The Morgan fingerprint density at radius 1 is 1.20 bits per heavy atom. The van der Waals surface area contributed by atoms with Crippen molar-refractivity contribution in [2.75, 3.05) is 0 Å². The van der Waals surface area contributed by atoms with Gasteiger partial charge in [-0.3, -0.25) is 14.9 Å². The van der Waals surface area contributed by atoms with Crippen LogP contribution in [0.5, 0.6) is 0 Å². The van der Waals surface area contributed by atoms with Crippen LogP contribution in [0.3, 0.4) is 0 Å².